The van der Waals surface area contributed by atoms with Gasteiger partial charge in [0.25, 0.3) is 5.91 Å². The monoisotopic (exact) mass is 297 g/mol. The molecule has 0 bridgehead atoms. The Kier molecular flexibility index (Phi) is 4.28. The predicted octanol–water partition coefficient (Wildman–Crippen LogP) is 3.40. The van der Waals surface area contributed by atoms with E-state index < -0.39 is 0 Å². The molecule has 3 rings (SSSR count). The van der Waals surface area contributed by atoms with Crippen molar-refractivity contribution in [3.63, 3.8) is 0 Å². The number of nitrogens with zero attached hydrogens (tertiary/aromatic N) is 1. The number of amides is 1. The molecule has 0 unspecified atom stereocenters. The fourth-order valence-electron chi connectivity index (χ4n) is 2.15. The van der Waals surface area contributed by atoms with Gasteiger partial charge in [-0.1, -0.05) is 17.7 Å². The lowest BCUT2D eigenvalue weighted by atomic mass is 10.2. The Hall–Kier alpha value is -2.49. The highest BCUT2D eigenvalue weighted by Crippen LogP contribution is 2.24. The number of carbonyl (C=O) groups is 1. The minimum absolute atomic E-state index is 0.0474. The summed E-state index contributed by atoms with van der Waals surface area (Å²) in [5.74, 6) is 2.26. The first-order chi connectivity index (χ1) is 10.7. The maximum absolute atomic E-state index is 11.7. The third kappa shape index (κ3) is 3.58. The number of ether oxygens (including phenoxy) is 2. The maximum Gasteiger partial charge on any atom is 0.260 e. The van der Waals surface area contributed by atoms with Gasteiger partial charge in [-0.15, -0.1) is 0 Å². The van der Waals surface area contributed by atoms with Crippen LogP contribution in [0.15, 0.2) is 48.5 Å². The average Bonchev–Trinajstić information content (AvgIpc) is 2.47. The molecule has 0 spiro atoms. The highest BCUT2D eigenvalue weighted by atomic mass is 16.5. The van der Waals surface area contributed by atoms with E-state index in [-0.39, 0.29) is 12.5 Å². The smallest absolute Gasteiger partial charge is 0.260 e. The van der Waals surface area contributed by atoms with Gasteiger partial charge in [0.2, 0.25) is 0 Å². The fraction of sp³-hybridized carbons (Fsp3) is 0.278. The molecule has 4 nitrogen and oxygen atoms in total. The molecule has 0 aliphatic carbocycles. The number of hydrogen-bond donors (Lipinski definition) is 0. The minimum atomic E-state index is 0.0474. The third-order valence-corrected chi connectivity index (χ3v) is 3.65. The molecule has 4 heteroatoms. The van der Waals surface area contributed by atoms with Crippen LogP contribution in [0.3, 0.4) is 0 Å². The van der Waals surface area contributed by atoms with Gasteiger partial charge in [-0.3, -0.25) is 4.79 Å². The van der Waals surface area contributed by atoms with Gasteiger partial charge in [0.15, 0.2) is 6.61 Å². The van der Waals surface area contributed by atoms with Crippen LogP contribution in [0.2, 0.25) is 0 Å². The van der Waals surface area contributed by atoms with Crippen LogP contribution in [-0.4, -0.2) is 30.5 Å². The van der Waals surface area contributed by atoms with E-state index in [0.29, 0.717) is 5.75 Å². The van der Waals surface area contributed by atoms with E-state index in [0.717, 1.165) is 31.0 Å². The quantitative estimate of drug-likeness (QED) is 0.849. The summed E-state index contributed by atoms with van der Waals surface area (Å²) < 4.78 is 11.2. The van der Waals surface area contributed by atoms with Crippen molar-refractivity contribution in [1.82, 2.24) is 4.90 Å². The molecule has 1 aliphatic rings. The highest BCUT2D eigenvalue weighted by Gasteiger charge is 2.20. The summed E-state index contributed by atoms with van der Waals surface area (Å²) in [6, 6.07) is 15.2. The van der Waals surface area contributed by atoms with E-state index in [1.54, 1.807) is 4.90 Å². The van der Waals surface area contributed by atoms with E-state index in [1.807, 2.05) is 55.5 Å². The highest BCUT2D eigenvalue weighted by molar-refractivity contribution is 5.78. The number of carbonyl (C=O) groups excluding carboxylic acids is 1. The summed E-state index contributed by atoms with van der Waals surface area (Å²) in [6.45, 7) is 3.84. The van der Waals surface area contributed by atoms with Gasteiger partial charge in [-0.2, -0.15) is 0 Å². The molecular formula is C18H19NO3. The van der Waals surface area contributed by atoms with Crippen LogP contribution >= 0.6 is 0 Å². The predicted molar refractivity (Wildman–Crippen MR) is 84.4 cm³/mol. The molecule has 114 valence electrons. The molecule has 1 aliphatic heterocycles. The minimum Gasteiger partial charge on any atom is -0.484 e. The van der Waals surface area contributed by atoms with Crippen molar-refractivity contribution >= 4 is 5.91 Å². The Morgan fingerprint density at radius 1 is 0.955 bits per heavy atom. The van der Waals surface area contributed by atoms with Crippen LogP contribution in [0.25, 0.3) is 0 Å². The summed E-state index contributed by atoms with van der Waals surface area (Å²) >= 11 is 0. The molecule has 1 heterocycles. The van der Waals surface area contributed by atoms with Crippen molar-refractivity contribution in [2.45, 2.75) is 13.3 Å². The molecule has 2 aromatic rings. The van der Waals surface area contributed by atoms with Crippen LogP contribution in [-0.2, 0) is 4.79 Å². The van der Waals surface area contributed by atoms with E-state index in [9.17, 15) is 4.79 Å². The van der Waals surface area contributed by atoms with Crippen molar-refractivity contribution in [1.29, 1.82) is 0 Å². The zero-order valence-corrected chi connectivity index (χ0v) is 12.6. The van der Waals surface area contributed by atoms with Crippen molar-refractivity contribution in [2.75, 3.05) is 19.7 Å². The largest absolute Gasteiger partial charge is 0.484 e. The van der Waals surface area contributed by atoms with Crippen LogP contribution < -0.4 is 9.47 Å². The number of aryl methyl sites for hydroxylation is 1. The molecule has 0 atom stereocenters. The van der Waals surface area contributed by atoms with Crippen LogP contribution in [0.5, 0.6) is 17.2 Å². The van der Waals surface area contributed by atoms with Gasteiger partial charge in [-0.05, 0) is 49.7 Å². The van der Waals surface area contributed by atoms with E-state index in [4.69, 9.17) is 9.47 Å². The van der Waals surface area contributed by atoms with Crippen molar-refractivity contribution < 1.29 is 14.3 Å². The van der Waals surface area contributed by atoms with Gasteiger partial charge >= 0.3 is 0 Å². The molecule has 22 heavy (non-hydrogen) atoms. The second-order valence-electron chi connectivity index (χ2n) is 5.41. The third-order valence-electron chi connectivity index (χ3n) is 3.65. The Bertz CT molecular complexity index is 630. The normalized spacial score (nSPS) is 13.4. The Labute approximate surface area is 130 Å². The summed E-state index contributed by atoms with van der Waals surface area (Å²) in [5, 5.41) is 0. The number of benzene rings is 2. The Balaban J connectivity index is 1.53. The first-order valence-electron chi connectivity index (χ1n) is 7.46. The van der Waals surface area contributed by atoms with Crippen LogP contribution in [0, 0.1) is 6.92 Å². The second kappa shape index (κ2) is 6.52. The van der Waals surface area contributed by atoms with Crippen LogP contribution in [0.4, 0.5) is 0 Å². The molecule has 1 amide bonds. The molecular weight excluding hydrogens is 278 g/mol. The Morgan fingerprint density at radius 3 is 2.05 bits per heavy atom. The van der Waals surface area contributed by atoms with E-state index in [1.165, 1.54) is 5.56 Å². The molecule has 1 saturated heterocycles. The first-order valence-corrected chi connectivity index (χ1v) is 7.46. The molecule has 0 radical (unpaired) electrons. The zero-order valence-electron chi connectivity index (χ0n) is 12.6. The number of hydrogen-bond acceptors (Lipinski definition) is 3. The molecule has 2 aromatic carbocycles. The average molecular weight is 297 g/mol. The number of rotatable bonds is 5. The fourth-order valence-corrected chi connectivity index (χ4v) is 2.15. The summed E-state index contributed by atoms with van der Waals surface area (Å²) in [6.07, 6.45) is 1.09. The molecule has 1 fully saturated rings. The lowest BCUT2D eigenvalue weighted by Gasteiger charge is -2.30. The van der Waals surface area contributed by atoms with Gasteiger partial charge in [0.05, 0.1) is 0 Å². The van der Waals surface area contributed by atoms with E-state index >= 15 is 0 Å². The standard InChI is InChI=1S/C18H19NO3/c1-14-3-5-16(6-4-14)22-17-9-7-15(8-10-17)21-13-18(20)19-11-2-12-19/h3-10H,2,11-13H2,1H3. The van der Waals surface area contributed by atoms with Gasteiger partial charge < -0.3 is 14.4 Å². The summed E-state index contributed by atoms with van der Waals surface area (Å²) in [5.41, 5.74) is 1.20. The van der Waals surface area contributed by atoms with E-state index in [2.05, 4.69) is 0 Å². The summed E-state index contributed by atoms with van der Waals surface area (Å²) in [7, 11) is 0. The van der Waals surface area contributed by atoms with Gasteiger partial charge in [-0.25, -0.2) is 0 Å². The second-order valence-corrected chi connectivity index (χ2v) is 5.41. The first kappa shape index (κ1) is 14.4. The van der Waals surface area contributed by atoms with Crippen molar-refractivity contribution in [2.24, 2.45) is 0 Å². The van der Waals surface area contributed by atoms with Gasteiger partial charge in [0.1, 0.15) is 17.2 Å². The van der Waals surface area contributed by atoms with Gasteiger partial charge in [0, 0.05) is 13.1 Å². The number of likely N-dealkylation sites (tertiary alicyclic amines) is 1. The topological polar surface area (TPSA) is 38.8 Å². The molecule has 0 N–H and O–H groups in total. The lowest BCUT2D eigenvalue weighted by molar-refractivity contribution is -0.136. The SMILES string of the molecule is Cc1ccc(Oc2ccc(OCC(=O)N3CCC3)cc2)cc1. The van der Waals surface area contributed by atoms with Crippen LogP contribution in [0.1, 0.15) is 12.0 Å². The lowest BCUT2D eigenvalue weighted by Crippen LogP contribution is -2.44. The van der Waals surface area contributed by atoms with Crippen molar-refractivity contribution in [3.05, 3.63) is 54.1 Å². The molecule has 0 saturated carbocycles. The summed E-state index contributed by atoms with van der Waals surface area (Å²) in [4.78, 5) is 13.5. The maximum atomic E-state index is 11.7. The zero-order chi connectivity index (χ0) is 15.4. The molecule has 0 aromatic heterocycles. The van der Waals surface area contributed by atoms with Crippen molar-refractivity contribution in [3.8, 4) is 17.2 Å². The Morgan fingerprint density at radius 2 is 1.50 bits per heavy atom.